The molecular weight excluding hydrogens is 365 g/mol. The van der Waals surface area contributed by atoms with Gasteiger partial charge in [-0.1, -0.05) is 24.3 Å². The Bertz CT molecular complexity index is 914. The molecule has 0 atom stereocenters. The van der Waals surface area contributed by atoms with Gasteiger partial charge in [0.25, 0.3) is 0 Å². The molecule has 0 saturated carbocycles. The van der Waals surface area contributed by atoms with Gasteiger partial charge in [-0.05, 0) is 69.1 Å². The van der Waals surface area contributed by atoms with Crippen molar-refractivity contribution in [1.82, 2.24) is 14.5 Å². The minimum absolute atomic E-state index is 0.165. The number of hydrogen-bond donors (Lipinski definition) is 0. The third kappa shape index (κ3) is 4.85. The average Bonchev–Trinajstić information content (AvgIpc) is 3.13. The molecule has 0 radical (unpaired) electrons. The maximum absolute atomic E-state index is 13.1. The summed E-state index contributed by atoms with van der Waals surface area (Å²) in [5.41, 5.74) is 3.49. The van der Waals surface area contributed by atoms with E-state index >= 15 is 0 Å². The SMILES string of the molecule is CCOCCn1c(C2CCN(CCc3ccc(F)cc3)CC2)nc2ccccc21. The van der Waals surface area contributed by atoms with E-state index in [1.54, 1.807) is 12.1 Å². The Hall–Kier alpha value is -2.24. The molecule has 0 aliphatic carbocycles. The Labute approximate surface area is 172 Å². The number of likely N-dealkylation sites (tertiary alicyclic amines) is 1. The van der Waals surface area contributed by atoms with Gasteiger partial charge in [-0.2, -0.15) is 0 Å². The largest absolute Gasteiger partial charge is 0.380 e. The number of aromatic nitrogens is 2. The standard InChI is InChI=1S/C24H30FN3O/c1-2-29-18-17-28-23-6-4-3-5-22(23)26-24(28)20-12-15-27(16-13-20)14-11-19-7-9-21(25)10-8-19/h3-10,20H,2,11-18H2,1H3. The first kappa shape index (κ1) is 20.0. The number of imidazole rings is 1. The van der Waals surface area contributed by atoms with Gasteiger partial charge < -0.3 is 14.2 Å². The van der Waals surface area contributed by atoms with E-state index in [0.29, 0.717) is 5.92 Å². The van der Waals surface area contributed by atoms with Crippen LogP contribution in [0.25, 0.3) is 11.0 Å². The van der Waals surface area contributed by atoms with Gasteiger partial charge in [0.1, 0.15) is 11.6 Å². The zero-order chi connectivity index (χ0) is 20.1. The fourth-order valence-electron chi connectivity index (χ4n) is 4.29. The van der Waals surface area contributed by atoms with Crippen LogP contribution in [0.4, 0.5) is 4.39 Å². The van der Waals surface area contributed by atoms with Crippen LogP contribution >= 0.6 is 0 Å². The molecule has 1 aromatic heterocycles. The summed E-state index contributed by atoms with van der Waals surface area (Å²) in [6.45, 7) is 7.55. The molecule has 2 aromatic carbocycles. The second kappa shape index (κ2) is 9.51. The van der Waals surface area contributed by atoms with Gasteiger partial charge in [0, 0.05) is 25.6 Å². The van der Waals surface area contributed by atoms with Crippen LogP contribution < -0.4 is 0 Å². The average molecular weight is 396 g/mol. The Balaban J connectivity index is 1.39. The predicted octanol–water partition coefficient (Wildman–Crippen LogP) is 4.63. The fourth-order valence-corrected chi connectivity index (χ4v) is 4.29. The molecule has 1 saturated heterocycles. The first-order chi connectivity index (χ1) is 14.2. The van der Waals surface area contributed by atoms with E-state index in [-0.39, 0.29) is 5.82 Å². The van der Waals surface area contributed by atoms with Crippen molar-refractivity contribution in [2.24, 2.45) is 0 Å². The lowest BCUT2D eigenvalue weighted by molar-refractivity contribution is 0.138. The lowest BCUT2D eigenvalue weighted by Gasteiger charge is -2.32. The van der Waals surface area contributed by atoms with Crippen LogP contribution in [0, 0.1) is 5.82 Å². The van der Waals surface area contributed by atoms with Gasteiger partial charge in [0.2, 0.25) is 0 Å². The van der Waals surface area contributed by atoms with Gasteiger partial charge in [0.05, 0.1) is 17.6 Å². The van der Waals surface area contributed by atoms with Crippen LogP contribution in [-0.4, -0.2) is 47.3 Å². The van der Waals surface area contributed by atoms with Crippen LogP contribution in [0.1, 0.15) is 37.1 Å². The van der Waals surface area contributed by atoms with E-state index in [9.17, 15) is 4.39 Å². The number of halogens is 1. The monoisotopic (exact) mass is 395 g/mol. The molecule has 2 heterocycles. The summed E-state index contributed by atoms with van der Waals surface area (Å²) >= 11 is 0. The quantitative estimate of drug-likeness (QED) is 0.521. The summed E-state index contributed by atoms with van der Waals surface area (Å²) in [5, 5.41) is 0. The van der Waals surface area contributed by atoms with Gasteiger partial charge in [-0.15, -0.1) is 0 Å². The second-order valence-electron chi connectivity index (χ2n) is 7.80. The van der Waals surface area contributed by atoms with Crippen molar-refractivity contribution in [3.05, 3.63) is 65.7 Å². The van der Waals surface area contributed by atoms with Gasteiger partial charge in [-0.3, -0.25) is 0 Å². The number of piperidine rings is 1. The lowest BCUT2D eigenvalue weighted by Crippen LogP contribution is -2.35. The molecular formula is C24H30FN3O. The third-order valence-electron chi connectivity index (χ3n) is 5.93. The minimum atomic E-state index is -0.165. The molecule has 3 aromatic rings. The van der Waals surface area contributed by atoms with E-state index < -0.39 is 0 Å². The molecule has 0 spiro atoms. The summed E-state index contributed by atoms with van der Waals surface area (Å²) in [5.74, 6) is 1.54. The maximum atomic E-state index is 13.1. The normalized spacial score (nSPS) is 15.9. The van der Waals surface area contributed by atoms with Crippen LogP contribution in [0.2, 0.25) is 0 Å². The maximum Gasteiger partial charge on any atom is 0.123 e. The number of fused-ring (bicyclic) bond motifs is 1. The predicted molar refractivity (Wildman–Crippen MR) is 115 cm³/mol. The summed E-state index contributed by atoms with van der Waals surface area (Å²) in [4.78, 5) is 7.52. The first-order valence-corrected chi connectivity index (χ1v) is 10.7. The highest BCUT2D eigenvalue weighted by atomic mass is 19.1. The van der Waals surface area contributed by atoms with Crippen LogP contribution in [0.15, 0.2) is 48.5 Å². The van der Waals surface area contributed by atoms with Crippen LogP contribution in [-0.2, 0) is 17.7 Å². The number of benzene rings is 2. The third-order valence-corrected chi connectivity index (χ3v) is 5.93. The van der Waals surface area contributed by atoms with E-state index in [1.165, 1.54) is 16.9 Å². The summed E-state index contributed by atoms with van der Waals surface area (Å²) in [7, 11) is 0. The smallest absolute Gasteiger partial charge is 0.123 e. The summed E-state index contributed by atoms with van der Waals surface area (Å²) < 4.78 is 21.0. The first-order valence-electron chi connectivity index (χ1n) is 10.7. The molecule has 5 heteroatoms. The van der Waals surface area contributed by atoms with Crippen molar-refractivity contribution in [3.63, 3.8) is 0 Å². The second-order valence-corrected chi connectivity index (χ2v) is 7.80. The molecule has 4 rings (SSSR count). The Kier molecular flexibility index (Phi) is 6.57. The molecule has 29 heavy (non-hydrogen) atoms. The number of hydrogen-bond acceptors (Lipinski definition) is 3. The van der Waals surface area contributed by atoms with Crippen molar-refractivity contribution in [1.29, 1.82) is 0 Å². The number of nitrogens with zero attached hydrogens (tertiary/aromatic N) is 3. The zero-order valence-electron chi connectivity index (χ0n) is 17.2. The van der Waals surface area contributed by atoms with Crippen molar-refractivity contribution in [3.8, 4) is 0 Å². The molecule has 1 aliphatic rings. The van der Waals surface area contributed by atoms with Crippen molar-refractivity contribution < 1.29 is 9.13 Å². The van der Waals surface area contributed by atoms with Gasteiger partial charge in [0.15, 0.2) is 0 Å². The van der Waals surface area contributed by atoms with Crippen molar-refractivity contribution >= 4 is 11.0 Å². The zero-order valence-corrected chi connectivity index (χ0v) is 17.2. The molecule has 1 fully saturated rings. The lowest BCUT2D eigenvalue weighted by atomic mass is 9.95. The molecule has 0 amide bonds. The minimum Gasteiger partial charge on any atom is -0.380 e. The topological polar surface area (TPSA) is 30.3 Å². The van der Waals surface area contributed by atoms with Crippen LogP contribution in [0.3, 0.4) is 0 Å². The molecule has 0 unspecified atom stereocenters. The molecule has 154 valence electrons. The van der Waals surface area contributed by atoms with E-state index in [4.69, 9.17) is 9.72 Å². The Morgan fingerprint density at radius 2 is 1.79 bits per heavy atom. The molecule has 1 aliphatic heterocycles. The van der Waals surface area contributed by atoms with E-state index in [0.717, 1.165) is 64.2 Å². The fraction of sp³-hybridized carbons (Fsp3) is 0.458. The Morgan fingerprint density at radius 1 is 1.03 bits per heavy atom. The number of para-hydroxylation sites is 2. The number of ether oxygens (including phenoxy) is 1. The van der Waals surface area contributed by atoms with E-state index in [2.05, 4.69) is 33.7 Å². The van der Waals surface area contributed by atoms with Crippen LogP contribution in [0.5, 0.6) is 0 Å². The highest BCUT2D eigenvalue weighted by molar-refractivity contribution is 5.76. The molecule has 0 N–H and O–H groups in total. The number of rotatable bonds is 8. The summed E-state index contributed by atoms with van der Waals surface area (Å²) in [6.07, 6.45) is 3.22. The molecule has 0 bridgehead atoms. The summed E-state index contributed by atoms with van der Waals surface area (Å²) in [6, 6.07) is 15.3. The highest BCUT2D eigenvalue weighted by Gasteiger charge is 2.25. The van der Waals surface area contributed by atoms with Gasteiger partial charge >= 0.3 is 0 Å². The Morgan fingerprint density at radius 3 is 2.55 bits per heavy atom. The molecule has 4 nitrogen and oxygen atoms in total. The van der Waals surface area contributed by atoms with E-state index in [1.807, 2.05) is 19.1 Å². The van der Waals surface area contributed by atoms with Crippen molar-refractivity contribution in [2.75, 3.05) is 32.8 Å². The highest BCUT2D eigenvalue weighted by Crippen LogP contribution is 2.30. The van der Waals surface area contributed by atoms with Gasteiger partial charge in [-0.25, -0.2) is 9.37 Å². The van der Waals surface area contributed by atoms with Crippen molar-refractivity contribution in [2.45, 2.75) is 38.6 Å².